The van der Waals surface area contributed by atoms with Crippen molar-refractivity contribution in [1.29, 1.82) is 0 Å². The summed E-state index contributed by atoms with van der Waals surface area (Å²) in [5.74, 6) is 1.09. The second-order valence-corrected chi connectivity index (χ2v) is 6.90. The van der Waals surface area contributed by atoms with Crippen LogP contribution in [0.2, 0.25) is 0 Å². The van der Waals surface area contributed by atoms with Gasteiger partial charge in [0, 0.05) is 12.5 Å². The molecule has 1 aromatic rings. The van der Waals surface area contributed by atoms with E-state index < -0.39 is 0 Å². The lowest BCUT2D eigenvalue weighted by atomic mass is 9.85. The lowest BCUT2D eigenvalue weighted by Gasteiger charge is -2.22. The maximum Gasteiger partial charge on any atom is 0.239 e. The molecule has 5 nitrogen and oxygen atoms in total. The summed E-state index contributed by atoms with van der Waals surface area (Å²) in [5, 5.41) is 5.60. The molecule has 2 rings (SSSR count). The highest BCUT2D eigenvalue weighted by Crippen LogP contribution is 2.31. The molecule has 1 atom stereocenters. The maximum atomic E-state index is 12.2. The van der Waals surface area contributed by atoms with Crippen molar-refractivity contribution in [2.45, 2.75) is 52.0 Å². The molecule has 0 aliphatic heterocycles. The zero-order chi connectivity index (χ0) is 17.7. The van der Waals surface area contributed by atoms with E-state index in [0.717, 1.165) is 29.7 Å². The molecule has 1 aliphatic rings. The molecule has 2 N–H and O–H groups in total. The van der Waals surface area contributed by atoms with E-state index in [-0.39, 0.29) is 24.3 Å². The second kappa shape index (κ2) is 8.18. The van der Waals surface area contributed by atoms with E-state index in [1.165, 1.54) is 0 Å². The first kappa shape index (κ1) is 18.3. The van der Waals surface area contributed by atoms with Gasteiger partial charge < -0.3 is 15.4 Å². The fourth-order valence-electron chi connectivity index (χ4n) is 2.83. The molecule has 0 saturated heterocycles. The minimum absolute atomic E-state index is 0.0573. The van der Waals surface area contributed by atoms with Crippen LogP contribution in [0.4, 0.5) is 0 Å². The molecular formula is C19H28N2O3. The van der Waals surface area contributed by atoms with Crippen LogP contribution in [0.1, 0.15) is 50.2 Å². The molecule has 1 saturated carbocycles. The average molecular weight is 332 g/mol. The summed E-state index contributed by atoms with van der Waals surface area (Å²) in [5.41, 5.74) is 2.19. The number of rotatable bonds is 8. The number of carbonyl (C=O) groups is 2. The summed E-state index contributed by atoms with van der Waals surface area (Å²) in [4.78, 5) is 23.9. The van der Waals surface area contributed by atoms with Gasteiger partial charge in [0.05, 0.1) is 13.7 Å². The number of benzene rings is 1. The van der Waals surface area contributed by atoms with E-state index in [9.17, 15) is 9.59 Å². The smallest absolute Gasteiger partial charge is 0.239 e. The Morgan fingerprint density at radius 3 is 2.50 bits per heavy atom. The molecule has 1 aromatic carbocycles. The van der Waals surface area contributed by atoms with Gasteiger partial charge >= 0.3 is 0 Å². The maximum absolute atomic E-state index is 12.2. The van der Waals surface area contributed by atoms with Gasteiger partial charge in [0.2, 0.25) is 11.8 Å². The predicted octanol–water partition coefficient (Wildman–Crippen LogP) is 2.53. The molecule has 1 fully saturated rings. The molecule has 0 aromatic heterocycles. The third kappa shape index (κ3) is 5.25. The highest BCUT2D eigenvalue weighted by atomic mass is 16.5. The van der Waals surface area contributed by atoms with Crippen molar-refractivity contribution in [3.8, 4) is 5.75 Å². The Morgan fingerprint density at radius 1 is 1.25 bits per heavy atom. The summed E-state index contributed by atoms with van der Waals surface area (Å²) in [7, 11) is 1.65. The first-order valence-electron chi connectivity index (χ1n) is 8.61. The Bertz CT molecular complexity index is 594. The van der Waals surface area contributed by atoms with Gasteiger partial charge in [-0.15, -0.1) is 0 Å². The first-order chi connectivity index (χ1) is 11.4. The highest BCUT2D eigenvalue weighted by Gasteiger charge is 2.24. The molecule has 24 heavy (non-hydrogen) atoms. The molecular weight excluding hydrogens is 304 g/mol. The molecule has 0 radical (unpaired) electrons. The molecule has 5 heteroatoms. The lowest BCUT2D eigenvalue weighted by Crippen LogP contribution is -2.38. The van der Waals surface area contributed by atoms with E-state index >= 15 is 0 Å². The van der Waals surface area contributed by atoms with E-state index in [1.807, 2.05) is 19.1 Å². The minimum atomic E-state index is -0.104. The number of hydrogen-bond acceptors (Lipinski definition) is 3. The van der Waals surface area contributed by atoms with Crippen LogP contribution in [0.25, 0.3) is 0 Å². The van der Waals surface area contributed by atoms with Crippen molar-refractivity contribution in [3.63, 3.8) is 0 Å². The Kier molecular flexibility index (Phi) is 6.23. The number of ether oxygens (including phenoxy) is 1. The molecule has 0 spiro atoms. The van der Waals surface area contributed by atoms with Crippen LogP contribution in [0, 0.1) is 12.8 Å². The molecule has 0 bridgehead atoms. The number of aryl methyl sites for hydroxylation is 1. The van der Waals surface area contributed by atoms with Crippen molar-refractivity contribution in [2.75, 3.05) is 13.7 Å². The summed E-state index contributed by atoms with van der Waals surface area (Å²) in [6.45, 7) is 6.28. The van der Waals surface area contributed by atoms with E-state index in [2.05, 4.69) is 30.5 Å². The highest BCUT2D eigenvalue weighted by molar-refractivity contribution is 5.85. The number of hydrogen-bond donors (Lipinski definition) is 2. The van der Waals surface area contributed by atoms with Crippen LogP contribution in [-0.4, -0.2) is 31.5 Å². The quantitative estimate of drug-likeness (QED) is 0.769. The Balaban J connectivity index is 1.93. The Hall–Kier alpha value is -2.04. The monoisotopic (exact) mass is 332 g/mol. The molecule has 2 amide bonds. The van der Waals surface area contributed by atoms with Crippen LogP contribution >= 0.6 is 0 Å². The van der Waals surface area contributed by atoms with Crippen LogP contribution in [-0.2, 0) is 9.59 Å². The molecule has 1 aliphatic carbocycles. The third-order valence-corrected chi connectivity index (χ3v) is 4.45. The van der Waals surface area contributed by atoms with Gasteiger partial charge in [-0.25, -0.2) is 0 Å². The SMILES string of the molecule is COc1ccc(C(CC(=O)NCC(=O)NC2CC2)C(C)C)cc1C. The van der Waals surface area contributed by atoms with Gasteiger partial charge in [-0.05, 0) is 48.8 Å². The predicted molar refractivity (Wildman–Crippen MR) is 94.1 cm³/mol. The van der Waals surface area contributed by atoms with Crippen LogP contribution in [0.15, 0.2) is 18.2 Å². The number of carbonyl (C=O) groups excluding carboxylic acids is 2. The summed E-state index contributed by atoms with van der Waals surface area (Å²) < 4.78 is 5.30. The standard InChI is InChI=1S/C19H28N2O3/c1-12(2)16(14-5-8-17(24-4)13(3)9-14)10-18(22)20-11-19(23)21-15-6-7-15/h5,8-9,12,15-16H,6-7,10-11H2,1-4H3,(H,20,22)(H,21,23). The topological polar surface area (TPSA) is 67.4 Å². The van der Waals surface area contributed by atoms with Gasteiger partial charge in [0.25, 0.3) is 0 Å². The molecule has 132 valence electrons. The Labute approximate surface area is 144 Å². The normalized spacial score (nSPS) is 15.0. The Morgan fingerprint density at radius 2 is 1.96 bits per heavy atom. The number of methoxy groups -OCH3 is 1. The van der Waals surface area contributed by atoms with E-state index in [0.29, 0.717) is 18.4 Å². The van der Waals surface area contributed by atoms with E-state index in [4.69, 9.17) is 4.74 Å². The van der Waals surface area contributed by atoms with Gasteiger partial charge in [0.15, 0.2) is 0 Å². The zero-order valence-electron chi connectivity index (χ0n) is 15.0. The van der Waals surface area contributed by atoms with Crippen LogP contribution < -0.4 is 15.4 Å². The van der Waals surface area contributed by atoms with Crippen LogP contribution in [0.5, 0.6) is 5.75 Å². The zero-order valence-corrected chi connectivity index (χ0v) is 15.0. The summed E-state index contributed by atoms with van der Waals surface area (Å²) in [6, 6.07) is 6.36. The van der Waals surface area contributed by atoms with Crippen molar-refractivity contribution in [3.05, 3.63) is 29.3 Å². The van der Waals surface area contributed by atoms with Crippen molar-refractivity contribution < 1.29 is 14.3 Å². The van der Waals surface area contributed by atoms with Gasteiger partial charge in [0.1, 0.15) is 5.75 Å². The van der Waals surface area contributed by atoms with Crippen molar-refractivity contribution in [1.82, 2.24) is 10.6 Å². The first-order valence-corrected chi connectivity index (χ1v) is 8.61. The number of nitrogens with one attached hydrogen (secondary N) is 2. The fraction of sp³-hybridized carbons (Fsp3) is 0.579. The van der Waals surface area contributed by atoms with Gasteiger partial charge in [-0.1, -0.05) is 26.0 Å². The third-order valence-electron chi connectivity index (χ3n) is 4.45. The lowest BCUT2D eigenvalue weighted by molar-refractivity contribution is -0.126. The second-order valence-electron chi connectivity index (χ2n) is 6.90. The van der Waals surface area contributed by atoms with E-state index in [1.54, 1.807) is 7.11 Å². The van der Waals surface area contributed by atoms with Gasteiger partial charge in [-0.3, -0.25) is 9.59 Å². The largest absolute Gasteiger partial charge is 0.496 e. The van der Waals surface area contributed by atoms with Crippen molar-refractivity contribution >= 4 is 11.8 Å². The summed E-state index contributed by atoms with van der Waals surface area (Å²) in [6.07, 6.45) is 2.47. The van der Waals surface area contributed by atoms with Crippen LogP contribution in [0.3, 0.4) is 0 Å². The average Bonchev–Trinajstić information content (AvgIpc) is 3.34. The number of amides is 2. The van der Waals surface area contributed by atoms with Gasteiger partial charge in [-0.2, -0.15) is 0 Å². The minimum Gasteiger partial charge on any atom is -0.496 e. The fourth-order valence-corrected chi connectivity index (χ4v) is 2.83. The van der Waals surface area contributed by atoms with Crippen molar-refractivity contribution in [2.24, 2.45) is 5.92 Å². The molecule has 1 unspecified atom stereocenters. The molecule has 0 heterocycles. The summed E-state index contributed by atoms with van der Waals surface area (Å²) >= 11 is 0.